The van der Waals surface area contributed by atoms with Crippen molar-refractivity contribution in [3.8, 4) is 0 Å². The maximum atomic E-state index is 11.6. The Balaban J connectivity index is 2.68. The molecule has 0 bridgehead atoms. The van der Waals surface area contributed by atoms with E-state index in [2.05, 4.69) is 5.32 Å². The minimum Gasteiger partial charge on any atom is -0.326 e. The average molecular weight is 179 g/mol. The molecule has 13 heavy (non-hydrogen) atoms. The molecule has 0 radical (unpaired) electrons. The Morgan fingerprint density at radius 1 is 1.62 bits per heavy atom. The molecule has 0 fully saturated rings. The Kier molecular flexibility index (Phi) is 1.94. The van der Waals surface area contributed by atoms with Gasteiger partial charge in [0.15, 0.2) is 0 Å². The van der Waals surface area contributed by atoms with E-state index in [0.717, 1.165) is 18.8 Å². The summed E-state index contributed by atoms with van der Waals surface area (Å²) in [5.41, 5.74) is 8.49. The standard InChI is InChI=1S/C9H13N3O/c1-12-8-5-11-4-7(8)2-6(3-10)9(12)13/h2,11H,3-5,10H2,1H3. The van der Waals surface area contributed by atoms with Gasteiger partial charge in [0.2, 0.25) is 0 Å². The Bertz CT molecular complexity index is 395. The first-order chi connectivity index (χ1) is 6.24. The van der Waals surface area contributed by atoms with Crippen LogP contribution in [0, 0.1) is 0 Å². The van der Waals surface area contributed by atoms with Gasteiger partial charge in [-0.2, -0.15) is 0 Å². The van der Waals surface area contributed by atoms with E-state index in [1.54, 1.807) is 11.6 Å². The van der Waals surface area contributed by atoms with E-state index >= 15 is 0 Å². The number of nitrogens with one attached hydrogen (secondary N) is 1. The minimum absolute atomic E-state index is 0.0324. The van der Waals surface area contributed by atoms with Crippen LogP contribution in [0.4, 0.5) is 0 Å². The van der Waals surface area contributed by atoms with Gasteiger partial charge in [-0.05, 0) is 11.6 Å². The third-order valence-corrected chi connectivity index (χ3v) is 2.53. The lowest BCUT2D eigenvalue weighted by molar-refractivity contribution is 0.716. The molecule has 2 heterocycles. The summed E-state index contributed by atoms with van der Waals surface area (Å²) >= 11 is 0. The molecule has 4 heteroatoms. The fraction of sp³-hybridized carbons (Fsp3) is 0.444. The molecule has 0 atom stereocenters. The Morgan fingerprint density at radius 2 is 2.38 bits per heavy atom. The van der Waals surface area contributed by atoms with Crippen molar-refractivity contribution >= 4 is 0 Å². The lowest BCUT2D eigenvalue weighted by atomic mass is 10.1. The zero-order valence-electron chi connectivity index (χ0n) is 7.63. The number of nitrogens with zero attached hydrogens (tertiary/aromatic N) is 1. The van der Waals surface area contributed by atoms with Crippen molar-refractivity contribution in [1.29, 1.82) is 0 Å². The molecule has 1 aromatic rings. The lowest BCUT2D eigenvalue weighted by Gasteiger charge is -2.07. The van der Waals surface area contributed by atoms with Gasteiger partial charge in [0.1, 0.15) is 0 Å². The maximum absolute atomic E-state index is 11.6. The van der Waals surface area contributed by atoms with Crippen LogP contribution in [0.15, 0.2) is 10.9 Å². The number of pyridine rings is 1. The number of hydrogen-bond donors (Lipinski definition) is 2. The molecule has 1 aliphatic heterocycles. The molecule has 1 aromatic heterocycles. The van der Waals surface area contributed by atoms with Crippen molar-refractivity contribution in [2.24, 2.45) is 12.8 Å². The van der Waals surface area contributed by atoms with Crippen LogP contribution in [0.3, 0.4) is 0 Å². The van der Waals surface area contributed by atoms with Gasteiger partial charge in [0, 0.05) is 37.9 Å². The van der Waals surface area contributed by atoms with E-state index in [1.165, 1.54) is 5.56 Å². The van der Waals surface area contributed by atoms with Crippen LogP contribution < -0.4 is 16.6 Å². The quantitative estimate of drug-likeness (QED) is 0.608. The molecule has 0 aliphatic carbocycles. The molecule has 2 rings (SSSR count). The van der Waals surface area contributed by atoms with Crippen LogP contribution in [0.1, 0.15) is 16.8 Å². The van der Waals surface area contributed by atoms with Crippen LogP contribution in [-0.2, 0) is 26.7 Å². The number of hydrogen-bond acceptors (Lipinski definition) is 3. The van der Waals surface area contributed by atoms with Gasteiger partial charge >= 0.3 is 0 Å². The molecule has 0 aromatic carbocycles. The van der Waals surface area contributed by atoms with E-state index < -0.39 is 0 Å². The highest BCUT2D eigenvalue weighted by atomic mass is 16.1. The smallest absolute Gasteiger partial charge is 0.255 e. The van der Waals surface area contributed by atoms with E-state index in [-0.39, 0.29) is 5.56 Å². The monoisotopic (exact) mass is 179 g/mol. The molecule has 1 aliphatic rings. The third kappa shape index (κ3) is 1.18. The van der Waals surface area contributed by atoms with Crippen molar-refractivity contribution in [2.45, 2.75) is 19.6 Å². The van der Waals surface area contributed by atoms with Crippen molar-refractivity contribution in [2.75, 3.05) is 0 Å². The minimum atomic E-state index is 0.0324. The highest BCUT2D eigenvalue weighted by Crippen LogP contribution is 2.13. The number of aromatic nitrogens is 1. The highest BCUT2D eigenvalue weighted by molar-refractivity contribution is 5.29. The topological polar surface area (TPSA) is 60.0 Å². The summed E-state index contributed by atoms with van der Waals surface area (Å²) in [6.07, 6.45) is 0. The van der Waals surface area contributed by atoms with Crippen LogP contribution in [0.2, 0.25) is 0 Å². The second-order valence-electron chi connectivity index (χ2n) is 3.31. The average Bonchev–Trinajstić information content (AvgIpc) is 2.59. The third-order valence-electron chi connectivity index (χ3n) is 2.53. The van der Waals surface area contributed by atoms with Gasteiger partial charge in [-0.15, -0.1) is 0 Å². The number of nitrogens with two attached hydrogens (primary N) is 1. The molecule has 0 saturated heterocycles. The van der Waals surface area contributed by atoms with Gasteiger partial charge in [0.25, 0.3) is 5.56 Å². The van der Waals surface area contributed by atoms with Gasteiger partial charge in [-0.1, -0.05) is 0 Å². The van der Waals surface area contributed by atoms with Crippen molar-refractivity contribution in [1.82, 2.24) is 9.88 Å². The van der Waals surface area contributed by atoms with Crippen LogP contribution in [0.25, 0.3) is 0 Å². The number of fused-ring (bicyclic) bond motifs is 1. The molecule has 0 saturated carbocycles. The van der Waals surface area contributed by atoms with E-state index in [0.29, 0.717) is 12.1 Å². The highest BCUT2D eigenvalue weighted by Gasteiger charge is 2.15. The summed E-state index contributed by atoms with van der Waals surface area (Å²) in [6.45, 7) is 1.95. The van der Waals surface area contributed by atoms with Crippen molar-refractivity contribution in [3.63, 3.8) is 0 Å². The van der Waals surface area contributed by atoms with Crippen molar-refractivity contribution in [3.05, 3.63) is 33.2 Å². The molecular weight excluding hydrogens is 166 g/mol. The lowest BCUT2D eigenvalue weighted by Crippen LogP contribution is -2.25. The molecule has 0 amide bonds. The zero-order valence-corrected chi connectivity index (χ0v) is 7.63. The maximum Gasteiger partial charge on any atom is 0.255 e. The zero-order chi connectivity index (χ0) is 9.42. The molecule has 3 N–H and O–H groups in total. The summed E-state index contributed by atoms with van der Waals surface area (Å²) in [6, 6.07) is 1.91. The number of rotatable bonds is 1. The summed E-state index contributed by atoms with van der Waals surface area (Å²) in [5.74, 6) is 0. The SMILES string of the molecule is Cn1c2c(cc(CN)c1=O)CNC2. The first-order valence-corrected chi connectivity index (χ1v) is 4.35. The van der Waals surface area contributed by atoms with Gasteiger partial charge < -0.3 is 15.6 Å². The predicted octanol–water partition coefficient (Wildman–Crippen LogP) is -0.553. The van der Waals surface area contributed by atoms with Crippen LogP contribution >= 0.6 is 0 Å². The van der Waals surface area contributed by atoms with E-state index in [4.69, 9.17) is 5.73 Å². The summed E-state index contributed by atoms with van der Waals surface area (Å²) < 4.78 is 1.69. The fourth-order valence-corrected chi connectivity index (χ4v) is 1.76. The predicted molar refractivity (Wildman–Crippen MR) is 50.1 cm³/mol. The fourth-order valence-electron chi connectivity index (χ4n) is 1.76. The molecule has 0 unspecified atom stereocenters. The molecule has 0 spiro atoms. The summed E-state index contributed by atoms with van der Waals surface area (Å²) in [7, 11) is 1.80. The Morgan fingerprint density at radius 3 is 3.08 bits per heavy atom. The summed E-state index contributed by atoms with van der Waals surface area (Å²) in [4.78, 5) is 11.6. The first kappa shape index (κ1) is 8.47. The molecule has 4 nitrogen and oxygen atoms in total. The van der Waals surface area contributed by atoms with Crippen LogP contribution in [0.5, 0.6) is 0 Å². The van der Waals surface area contributed by atoms with Gasteiger partial charge in [-0.25, -0.2) is 0 Å². The summed E-state index contributed by atoms with van der Waals surface area (Å²) in [5, 5.41) is 3.21. The first-order valence-electron chi connectivity index (χ1n) is 4.35. The van der Waals surface area contributed by atoms with E-state index in [9.17, 15) is 4.79 Å². The second-order valence-corrected chi connectivity index (χ2v) is 3.31. The molecular formula is C9H13N3O. The van der Waals surface area contributed by atoms with Gasteiger partial charge in [0.05, 0.1) is 0 Å². The molecule has 70 valence electrons. The Hall–Kier alpha value is -1.13. The van der Waals surface area contributed by atoms with Crippen LogP contribution in [-0.4, -0.2) is 4.57 Å². The normalized spacial score (nSPS) is 14.6. The Labute approximate surface area is 76.4 Å². The van der Waals surface area contributed by atoms with Gasteiger partial charge in [-0.3, -0.25) is 4.79 Å². The van der Waals surface area contributed by atoms with Crippen molar-refractivity contribution < 1.29 is 0 Å². The van der Waals surface area contributed by atoms with E-state index in [1.807, 2.05) is 6.07 Å². The second kappa shape index (κ2) is 2.97. The largest absolute Gasteiger partial charge is 0.326 e.